The molecule has 5 heteroatoms. The zero-order valence-corrected chi connectivity index (χ0v) is 10.6. The van der Waals surface area contributed by atoms with Crippen molar-refractivity contribution in [1.82, 2.24) is 4.90 Å². The Bertz CT molecular complexity index is 312. The van der Waals surface area contributed by atoms with Gasteiger partial charge in [0.25, 0.3) is 0 Å². The SMILES string of the molecule is O=C(O)[C@@H]1CCCN1C(=O)CC[C@H]1CCCOC1. The number of amides is 1. The van der Waals surface area contributed by atoms with Crippen molar-refractivity contribution in [3.05, 3.63) is 0 Å². The van der Waals surface area contributed by atoms with E-state index >= 15 is 0 Å². The van der Waals surface area contributed by atoms with Crippen LogP contribution in [0.25, 0.3) is 0 Å². The lowest BCUT2D eigenvalue weighted by Gasteiger charge is -2.24. The van der Waals surface area contributed by atoms with Gasteiger partial charge in [0.1, 0.15) is 6.04 Å². The first-order valence-electron chi connectivity index (χ1n) is 6.78. The van der Waals surface area contributed by atoms with E-state index in [2.05, 4.69) is 0 Å². The molecule has 102 valence electrons. The average molecular weight is 255 g/mol. The van der Waals surface area contributed by atoms with Crippen molar-refractivity contribution in [2.75, 3.05) is 19.8 Å². The molecule has 0 saturated carbocycles. The Morgan fingerprint density at radius 3 is 2.78 bits per heavy atom. The van der Waals surface area contributed by atoms with E-state index in [1.165, 1.54) is 4.90 Å². The fourth-order valence-electron chi connectivity index (χ4n) is 2.83. The number of nitrogens with zero attached hydrogens (tertiary/aromatic N) is 1. The molecule has 0 unspecified atom stereocenters. The quantitative estimate of drug-likeness (QED) is 0.821. The van der Waals surface area contributed by atoms with Crippen molar-refractivity contribution in [3.63, 3.8) is 0 Å². The standard InChI is InChI=1S/C13H21NO4/c15-12(6-5-10-3-2-8-18-9-10)14-7-1-4-11(14)13(16)17/h10-11H,1-9H2,(H,16,17)/t10-,11+/m1/s1. The van der Waals surface area contributed by atoms with Gasteiger partial charge in [0.2, 0.25) is 5.91 Å². The summed E-state index contributed by atoms with van der Waals surface area (Å²) in [7, 11) is 0. The summed E-state index contributed by atoms with van der Waals surface area (Å²) in [4.78, 5) is 24.6. The lowest BCUT2D eigenvalue weighted by atomic mass is 9.96. The Kier molecular flexibility index (Phi) is 4.58. The van der Waals surface area contributed by atoms with Gasteiger partial charge in [0.05, 0.1) is 0 Å². The summed E-state index contributed by atoms with van der Waals surface area (Å²) in [6.07, 6.45) is 4.86. The van der Waals surface area contributed by atoms with Gasteiger partial charge >= 0.3 is 5.97 Å². The second-order valence-electron chi connectivity index (χ2n) is 5.21. The number of hydrogen-bond acceptors (Lipinski definition) is 3. The monoisotopic (exact) mass is 255 g/mol. The van der Waals surface area contributed by atoms with Crippen molar-refractivity contribution >= 4 is 11.9 Å². The third kappa shape index (κ3) is 3.22. The second kappa shape index (κ2) is 6.18. The molecular weight excluding hydrogens is 234 g/mol. The third-order valence-electron chi connectivity index (χ3n) is 3.88. The molecule has 1 amide bonds. The normalized spacial score (nSPS) is 28.3. The van der Waals surface area contributed by atoms with Crippen molar-refractivity contribution < 1.29 is 19.4 Å². The Morgan fingerprint density at radius 2 is 2.11 bits per heavy atom. The number of carboxylic acids is 1. The number of aliphatic carboxylic acids is 1. The van der Waals surface area contributed by atoms with E-state index in [-0.39, 0.29) is 5.91 Å². The summed E-state index contributed by atoms with van der Waals surface area (Å²) < 4.78 is 5.38. The van der Waals surface area contributed by atoms with Gasteiger partial charge in [0.15, 0.2) is 0 Å². The molecule has 5 nitrogen and oxygen atoms in total. The maximum Gasteiger partial charge on any atom is 0.326 e. The third-order valence-corrected chi connectivity index (χ3v) is 3.88. The van der Waals surface area contributed by atoms with Gasteiger partial charge in [-0.15, -0.1) is 0 Å². The zero-order chi connectivity index (χ0) is 13.0. The minimum atomic E-state index is -0.873. The summed E-state index contributed by atoms with van der Waals surface area (Å²) in [5.41, 5.74) is 0. The molecule has 2 aliphatic heterocycles. The van der Waals surface area contributed by atoms with Crippen molar-refractivity contribution in [2.24, 2.45) is 5.92 Å². The molecule has 2 aliphatic rings. The molecular formula is C13H21NO4. The maximum absolute atomic E-state index is 12.0. The van der Waals surface area contributed by atoms with Crippen LogP contribution >= 0.6 is 0 Å². The van der Waals surface area contributed by atoms with E-state index in [4.69, 9.17) is 9.84 Å². The van der Waals surface area contributed by atoms with Crippen LogP contribution in [-0.4, -0.2) is 47.7 Å². The van der Waals surface area contributed by atoms with E-state index in [9.17, 15) is 9.59 Å². The zero-order valence-electron chi connectivity index (χ0n) is 10.6. The van der Waals surface area contributed by atoms with Crippen LogP contribution in [0.15, 0.2) is 0 Å². The summed E-state index contributed by atoms with van der Waals surface area (Å²) in [6, 6.07) is -0.597. The molecule has 0 aromatic heterocycles. The topological polar surface area (TPSA) is 66.8 Å². The lowest BCUT2D eigenvalue weighted by Crippen LogP contribution is -2.40. The van der Waals surface area contributed by atoms with Crippen LogP contribution in [0.4, 0.5) is 0 Å². The van der Waals surface area contributed by atoms with Gasteiger partial charge in [0, 0.05) is 26.2 Å². The van der Waals surface area contributed by atoms with Crippen LogP contribution < -0.4 is 0 Å². The van der Waals surface area contributed by atoms with Crippen LogP contribution in [0.5, 0.6) is 0 Å². The molecule has 2 rings (SSSR count). The van der Waals surface area contributed by atoms with E-state index in [1.807, 2.05) is 0 Å². The second-order valence-corrected chi connectivity index (χ2v) is 5.21. The van der Waals surface area contributed by atoms with Gasteiger partial charge in [-0.25, -0.2) is 4.79 Å². The molecule has 2 saturated heterocycles. The highest BCUT2D eigenvalue weighted by Gasteiger charge is 2.33. The Hall–Kier alpha value is -1.10. The van der Waals surface area contributed by atoms with E-state index in [0.717, 1.165) is 38.9 Å². The predicted octanol–water partition coefficient (Wildman–Crippen LogP) is 1.27. The fourth-order valence-corrected chi connectivity index (χ4v) is 2.83. The molecule has 2 heterocycles. The first-order valence-corrected chi connectivity index (χ1v) is 6.78. The molecule has 2 fully saturated rings. The molecule has 0 bridgehead atoms. The summed E-state index contributed by atoms with van der Waals surface area (Å²) >= 11 is 0. The van der Waals surface area contributed by atoms with Crippen molar-refractivity contribution in [3.8, 4) is 0 Å². The minimum Gasteiger partial charge on any atom is -0.480 e. The van der Waals surface area contributed by atoms with Crippen LogP contribution in [0, 0.1) is 5.92 Å². The smallest absolute Gasteiger partial charge is 0.326 e. The largest absolute Gasteiger partial charge is 0.480 e. The molecule has 0 aromatic carbocycles. The van der Waals surface area contributed by atoms with Gasteiger partial charge in [-0.05, 0) is 38.0 Å². The Labute approximate surface area is 107 Å². The molecule has 1 N–H and O–H groups in total. The highest BCUT2D eigenvalue weighted by atomic mass is 16.5. The lowest BCUT2D eigenvalue weighted by molar-refractivity contribution is -0.148. The molecule has 0 spiro atoms. The number of hydrogen-bond donors (Lipinski definition) is 1. The van der Waals surface area contributed by atoms with Crippen molar-refractivity contribution in [2.45, 2.75) is 44.6 Å². The number of carbonyl (C=O) groups excluding carboxylic acids is 1. The van der Waals surface area contributed by atoms with E-state index in [0.29, 0.717) is 25.3 Å². The molecule has 18 heavy (non-hydrogen) atoms. The highest BCUT2D eigenvalue weighted by Crippen LogP contribution is 2.22. The molecule has 0 aliphatic carbocycles. The van der Waals surface area contributed by atoms with Crippen LogP contribution in [-0.2, 0) is 14.3 Å². The summed E-state index contributed by atoms with van der Waals surface area (Å²) in [5.74, 6) is -0.416. The van der Waals surface area contributed by atoms with E-state index in [1.54, 1.807) is 0 Å². The summed E-state index contributed by atoms with van der Waals surface area (Å²) in [5, 5.41) is 9.04. The molecule has 0 aromatic rings. The molecule has 0 radical (unpaired) electrons. The molecule has 2 atom stereocenters. The van der Waals surface area contributed by atoms with Crippen LogP contribution in [0.1, 0.15) is 38.5 Å². The van der Waals surface area contributed by atoms with Crippen LogP contribution in [0.3, 0.4) is 0 Å². The van der Waals surface area contributed by atoms with Gasteiger partial charge < -0.3 is 14.7 Å². The first kappa shape index (κ1) is 13.3. The fraction of sp³-hybridized carbons (Fsp3) is 0.846. The van der Waals surface area contributed by atoms with Gasteiger partial charge in [-0.1, -0.05) is 0 Å². The van der Waals surface area contributed by atoms with E-state index < -0.39 is 12.0 Å². The Balaban J connectivity index is 1.78. The average Bonchev–Trinajstić information content (AvgIpc) is 2.86. The number of carboxylic acid groups (broad SMARTS) is 1. The van der Waals surface area contributed by atoms with Crippen LogP contribution in [0.2, 0.25) is 0 Å². The number of ether oxygens (including phenoxy) is 1. The number of rotatable bonds is 4. The van der Waals surface area contributed by atoms with Gasteiger partial charge in [-0.3, -0.25) is 4.79 Å². The number of carbonyl (C=O) groups is 2. The minimum absolute atomic E-state index is 0.00882. The summed E-state index contributed by atoms with van der Waals surface area (Å²) in [6.45, 7) is 2.17. The Morgan fingerprint density at radius 1 is 1.28 bits per heavy atom. The number of likely N-dealkylation sites (tertiary alicyclic amines) is 1. The highest BCUT2D eigenvalue weighted by molar-refractivity contribution is 5.84. The predicted molar refractivity (Wildman–Crippen MR) is 65.1 cm³/mol. The maximum atomic E-state index is 12.0. The van der Waals surface area contributed by atoms with Crippen molar-refractivity contribution in [1.29, 1.82) is 0 Å². The van der Waals surface area contributed by atoms with Gasteiger partial charge in [-0.2, -0.15) is 0 Å². The first-order chi connectivity index (χ1) is 8.68.